The number of alkyl halides is 3. The highest BCUT2D eigenvalue weighted by atomic mass is 19.4. The Hall–Kier alpha value is -1.19. The van der Waals surface area contributed by atoms with Gasteiger partial charge in [0.2, 0.25) is 0 Å². The molecular formula is C13H18F3N. The minimum atomic E-state index is -4.29. The summed E-state index contributed by atoms with van der Waals surface area (Å²) in [4.78, 5) is 0. The van der Waals surface area contributed by atoms with Crippen LogP contribution in [0.4, 0.5) is 18.9 Å². The SMILES string of the molecule is CCCCCc1cc(N)c(C)cc1C(F)(F)F. The fraction of sp³-hybridized carbons (Fsp3) is 0.538. The van der Waals surface area contributed by atoms with Crippen molar-refractivity contribution in [2.75, 3.05) is 5.73 Å². The number of rotatable bonds is 4. The lowest BCUT2D eigenvalue weighted by molar-refractivity contribution is -0.138. The van der Waals surface area contributed by atoms with Crippen LogP contribution in [-0.4, -0.2) is 0 Å². The summed E-state index contributed by atoms with van der Waals surface area (Å²) in [7, 11) is 0. The molecule has 0 aliphatic carbocycles. The molecule has 2 N–H and O–H groups in total. The number of unbranched alkanes of at least 4 members (excludes halogenated alkanes) is 2. The number of nitrogen functional groups attached to an aromatic ring is 1. The molecule has 0 saturated carbocycles. The molecule has 1 rings (SSSR count). The van der Waals surface area contributed by atoms with Gasteiger partial charge in [-0.3, -0.25) is 0 Å². The van der Waals surface area contributed by atoms with Crippen LogP contribution in [0.5, 0.6) is 0 Å². The molecule has 0 heterocycles. The second kappa shape index (κ2) is 5.43. The predicted molar refractivity (Wildman–Crippen MR) is 63.8 cm³/mol. The molecule has 1 nitrogen and oxygen atoms in total. The zero-order chi connectivity index (χ0) is 13.1. The Morgan fingerprint density at radius 1 is 1.18 bits per heavy atom. The van der Waals surface area contributed by atoms with E-state index in [-0.39, 0.29) is 0 Å². The third kappa shape index (κ3) is 3.65. The minimum absolute atomic E-state index is 0.314. The summed E-state index contributed by atoms with van der Waals surface area (Å²) in [5, 5.41) is 0. The van der Waals surface area contributed by atoms with Crippen LogP contribution < -0.4 is 5.73 Å². The molecule has 1 aromatic carbocycles. The van der Waals surface area contributed by atoms with Crippen molar-refractivity contribution < 1.29 is 13.2 Å². The number of nitrogens with two attached hydrogens (primary N) is 1. The van der Waals surface area contributed by atoms with E-state index in [4.69, 9.17) is 5.73 Å². The Morgan fingerprint density at radius 2 is 1.82 bits per heavy atom. The van der Waals surface area contributed by atoms with Gasteiger partial charge >= 0.3 is 6.18 Å². The molecule has 0 aromatic heterocycles. The maximum Gasteiger partial charge on any atom is 0.416 e. The molecule has 0 amide bonds. The van der Waals surface area contributed by atoms with E-state index in [0.29, 0.717) is 23.2 Å². The third-order valence-electron chi connectivity index (χ3n) is 2.85. The first-order valence-electron chi connectivity index (χ1n) is 5.82. The van der Waals surface area contributed by atoms with Crippen molar-refractivity contribution in [1.29, 1.82) is 0 Å². The molecule has 0 atom stereocenters. The average molecular weight is 245 g/mol. The molecule has 0 aliphatic rings. The maximum absolute atomic E-state index is 12.8. The quantitative estimate of drug-likeness (QED) is 0.620. The van der Waals surface area contributed by atoms with Crippen molar-refractivity contribution in [2.24, 2.45) is 0 Å². The zero-order valence-corrected chi connectivity index (χ0v) is 10.2. The molecule has 17 heavy (non-hydrogen) atoms. The summed E-state index contributed by atoms with van der Waals surface area (Å²) in [6.45, 7) is 3.62. The van der Waals surface area contributed by atoms with Gasteiger partial charge in [-0.05, 0) is 43.0 Å². The Bertz CT molecular complexity index is 383. The van der Waals surface area contributed by atoms with Crippen molar-refractivity contribution in [3.63, 3.8) is 0 Å². The number of hydrogen-bond acceptors (Lipinski definition) is 1. The summed E-state index contributed by atoms with van der Waals surface area (Å²) in [5.74, 6) is 0. The Labute approximate surface area is 99.8 Å². The summed E-state index contributed by atoms with van der Waals surface area (Å²) >= 11 is 0. The molecule has 4 heteroatoms. The first-order chi connectivity index (χ1) is 7.86. The molecule has 0 radical (unpaired) electrons. The van der Waals surface area contributed by atoms with Gasteiger partial charge in [-0.1, -0.05) is 19.8 Å². The van der Waals surface area contributed by atoms with Gasteiger partial charge in [0.15, 0.2) is 0 Å². The molecule has 1 aromatic rings. The van der Waals surface area contributed by atoms with Gasteiger partial charge < -0.3 is 5.73 Å². The van der Waals surface area contributed by atoms with E-state index in [2.05, 4.69) is 0 Å². The number of benzene rings is 1. The van der Waals surface area contributed by atoms with Gasteiger partial charge in [-0.15, -0.1) is 0 Å². The van der Waals surface area contributed by atoms with Crippen molar-refractivity contribution in [3.8, 4) is 0 Å². The molecule has 0 saturated heterocycles. The monoisotopic (exact) mass is 245 g/mol. The zero-order valence-electron chi connectivity index (χ0n) is 10.2. The lowest BCUT2D eigenvalue weighted by Crippen LogP contribution is -2.11. The molecule has 0 spiro atoms. The first kappa shape index (κ1) is 13.9. The van der Waals surface area contributed by atoms with E-state index >= 15 is 0 Å². The van der Waals surface area contributed by atoms with E-state index in [1.165, 1.54) is 6.07 Å². The van der Waals surface area contributed by atoms with E-state index in [1.807, 2.05) is 6.92 Å². The van der Waals surface area contributed by atoms with E-state index in [9.17, 15) is 13.2 Å². The van der Waals surface area contributed by atoms with Gasteiger partial charge in [0, 0.05) is 5.69 Å². The standard InChI is InChI=1S/C13H18F3N/c1-3-4-5-6-10-8-12(17)9(2)7-11(10)13(14,15)16/h7-8H,3-6,17H2,1-2H3. The largest absolute Gasteiger partial charge is 0.416 e. The predicted octanol–water partition coefficient (Wildman–Crippen LogP) is 4.33. The molecule has 0 unspecified atom stereocenters. The minimum Gasteiger partial charge on any atom is -0.399 e. The first-order valence-corrected chi connectivity index (χ1v) is 5.82. The van der Waals surface area contributed by atoms with E-state index in [1.54, 1.807) is 6.92 Å². The number of hydrogen-bond donors (Lipinski definition) is 1. The molecule has 96 valence electrons. The number of anilines is 1. The van der Waals surface area contributed by atoms with Crippen molar-refractivity contribution in [1.82, 2.24) is 0 Å². The number of aryl methyl sites for hydroxylation is 2. The van der Waals surface area contributed by atoms with Crippen LogP contribution in [0.25, 0.3) is 0 Å². The highest BCUT2D eigenvalue weighted by Crippen LogP contribution is 2.35. The molecule has 0 aliphatic heterocycles. The van der Waals surface area contributed by atoms with Crippen LogP contribution >= 0.6 is 0 Å². The van der Waals surface area contributed by atoms with Crippen LogP contribution in [-0.2, 0) is 12.6 Å². The van der Waals surface area contributed by atoms with Gasteiger partial charge in [0.25, 0.3) is 0 Å². The Kier molecular flexibility index (Phi) is 4.43. The molecule has 0 bridgehead atoms. The van der Waals surface area contributed by atoms with Crippen LogP contribution in [0.3, 0.4) is 0 Å². The van der Waals surface area contributed by atoms with Crippen LogP contribution in [0.1, 0.15) is 42.9 Å². The van der Waals surface area contributed by atoms with Gasteiger partial charge in [0.05, 0.1) is 5.56 Å². The second-order valence-electron chi connectivity index (χ2n) is 4.32. The van der Waals surface area contributed by atoms with E-state index < -0.39 is 11.7 Å². The topological polar surface area (TPSA) is 26.0 Å². The highest BCUT2D eigenvalue weighted by Gasteiger charge is 2.33. The van der Waals surface area contributed by atoms with Crippen LogP contribution in [0, 0.1) is 6.92 Å². The maximum atomic E-state index is 12.8. The van der Waals surface area contributed by atoms with Crippen molar-refractivity contribution in [2.45, 2.75) is 45.7 Å². The third-order valence-corrected chi connectivity index (χ3v) is 2.85. The fourth-order valence-electron chi connectivity index (χ4n) is 1.81. The van der Waals surface area contributed by atoms with Crippen LogP contribution in [0.15, 0.2) is 12.1 Å². The lowest BCUT2D eigenvalue weighted by atomic mass is 9.97. The fourth-order valence-corrected chi connectivity index (χ4v) is 1.81. The Balaban J connectivity index is 3.04. The second-order valence-corrected chi connectivity index (χ2v) is 4.32. The summed E-state index contributed by atoms with van der Waals surface area (Å²) in [6, 6.07) is 2.62. The van der Waals surface area contributed by atoms with Gasteiger partial charge in [-0.25, -0.2) is 0 Å². The highest BCUT2D eigenvalue weighted by molar-refractivity contribution is 5.52. The summed E-state index contributed by atoms with van der Waals surface area (Å²) in [6.07, 6.45) is -1.16. The van der Waals surface area contributed by atoms with Crippen LogP contribution in [0.2, 0.25) is 0 Å². The average Bonchev–Trinajstić information content (AvgIpc) is 2.21. The molecule has 0 fully saturated rings. The lowest BCUT2D eigenvalue weighted by Gasteiger charge is -2.15. The van der Waals surface area contributed by atoms with Crippen molar-refractivity contribution >= 4 is 5.69 Å². The normalized spacial score (nSPS) is 11.8. The van der Waals surface area contributed by atoms with Crippen molar-refractivity contribution in [3.05, 3.63) is 28.8 Å². The van der Waals surface area contributed by atoms with Gasteiger partial charge in [-0.2, -0.15) is 13.2 Å². The van der Waals surface area contributed by atoms with E-state index in [0.717, 1.165) is 25.3 Å². The summed E-state index contributed by atoms with van der Waals surface area (Å²) in [5.41, 5.74) is 6.36. The number of halogens is 3. The Morgan fingerprint density at radius 3 is 2.35 bits per heavy atom. The smallest absolute Gasteiger partial charge is 0.399 e. The molecular weight excluding hydrogens is 227 g/mol. The van der Waals surface area contributed by atoms with Gasteiger partial charge in [0.1, 0.15) is 0 Å². The summed E-state index contributed by atoms with van der Waals surface area (Å²) < 4.78 is 38.5.